The van der Waals surface area contributed by atoms with E-state index in [9.17, 15) is 0 Å². The minimum absolute atomic E-state index is 0.135. The molecule has 53 heavy (non-hydrogen) atoms. The summed E-state index contributed by atoms with van der Waals surface area (Å²) in [5.41, 5.74) is 12.9. The molecule has 11 rings (SSSR count). The van der Waals surface area contributed by atoms with E-state index in [-0.39, 0.29) is 5.41 Å². The highest BCUT2D eigenvalue weighted by Crippen LogP contribution is 2.49. The fourth-order valence-electron chi connectivity index (χ4n) is 8.49. The number of nitrogens with zero attached hydrogens (tertiary/aromatic N) is 4. The summed E-state index contributed by atoms with van der Waals surface area (Å²) in [6, 6.07) is 55.3. The Labute approximate surface area is 305 Å². The third-order valence-corrected chi connectivity index (χ3v) is 11.1. The molecule has 3 aromatic heterocycles. The van der Waals surface area contributed by atoms with Crippen LogP contribution in [0.15, 0.2) is 162 Å². The van der Waals surface area contributed by atoms with Crippen molar-refractivity contribution in [2.75, 3.05) is 0 Å². The highest BCUT2D eigenvalue weighted by Gasteiger charge is 2.35. The van der Waals surface area contributed by atoms with E-state index in [0.717, 1.165) is 55.3 Å². The second-order valence-electron chi connectivity index (χ2n) is 14.4. The standard InChI is InChI=1S/C48H32N4O/c1-48(2)38-19-11-9-17-33(38)34-23-21-30(27-39(34)48)46-49-45(29-13-5-3-6-14-29)50-47(51-46)31-22-24-37-42(28-31)53-41-26-25-36-35-18-10-12-20-40(35)52(44(36)43(37)41)32-15-7-4-8-16-32/h3-28H,1-2H3. The number of hydrogen-bond donors (Lipinski definition) is 0. The van der Waals surface area contributed by atoms with Crippen molar-refractivity contribution in [1.29, 1.82) is 0 Å². The van der Waals surface area contributed by atoms with Gasteiger partial charge >= 0.3 is 0 Å². The molecule has 5 heteroatoms. The Morgan fingerprint density at radius 1 is 0.472 bits per heavy atom. The Bertz CT molecular complexity index is 3080. The van der Waals surface area contributed by atoms with Crippen molar-refractivity contribution in [1.82, 2.24) is 19.5 Å². The molecule has 0 unspecified atom stereocenters. The molecule has 10 aromatic rings. The molecular formula is C48H32N4O. The van der Waals surface area contributed by atoms with E-state index >= 15 is 0 Å². The summed E-state index contributed by atoms with van der Waals surface area (Å²) in [6.07, 6.45) is 0. The number of para-hydroxylation sites is 2. The summed E-state index contributed by atoms with van der Waals surface area (Å²) in [7, 11) is 0. The van der Waals surface area contributed by atoms with Crippen LogP contribution in [0.3, 0.4) is 0 Å². The third-order valence-electron chi connectivity index (χ3n) is 11.1. The normalized spacial score (nSPS) is 13.2. The fraction of sp³-hybridized carbons (Fsp3) is 0.0625. The molecule has 7 aromatic carbocycles. The van der Waals surface area contributed by atoms with Gasteiger partial charge in [0.05, 0.1) is 16.4 Å². The van der Waals surface area contributed by atoms with Crippen LogP contribution in [0.2, 0.25) is 0 Å². The van der Waals surface area contributed by atoms with Gasteiger partial charge in [-0.2, -0.15) is 0 Å². The number of aromatic nitrogens is 4. The van der Waals surface area contributed by atoms with E-state index in [4.69, 9.17) is 19.4 Å². The van der Waals surface area contributed by atoms with Crippen LogP contribution in [-0.2, 0) is 5.41 Å². The zero-order chi connectivity index (χ0) is 35.3. The fourth-order valence-corrected chi connectivity index (χ4v) is 8.49. The SMILES string of the molecule is CC1(C)c2ccccc2-c2ccc(-c3nc(-c4ccccc4)nc(-c4ccc5c(c4)oc4ccc6c7ccccc7n(-c7ccccc7)c6c45)n3)cc21. The molecule has 0 bridgehead atoms. The maximum atomic E-state index is 6.66. The minimum atomic E-state index is -0.135. The van der Waals surface area contributed by atoms with Gasteiger partial charge in [-0.1, -0.05) is 123 Å². The lowest BCUT2D eigenvalue weighted by molar-refractivity contribution is 0.660. The molecule has 0 radical (unpaired) electrons. The molecule has 0 amide bonds. The van der Waals surface area contributed by atoms with Crippen LogP contribution in [-0.4, -0.2) is 19.5 Å². The molecule has 5 nitrogen and oxygen atoms in total. The van der Waals surface area contributed by atoms with Gasteiger partial charge in [-0.3, -0.25) is 0 Å². The maximum absolute atomic E-state index is 6.66. The highest BCUT2D eigenvalue weighted by molar-refractivity contribution is 6.24. The third kappa shape index (κ3) is 4.40. The summed E-state index contributed by atoms with van der Waals surface area (Å²) < 4.78 is 9.02. The van der Waals surface area contributed by atoms with Gasteiger partial charge in [0.15, 0.2) is 17.5 Å². The number of furan rings is 1. The molecule has 1 aliphatic rings. The quantitative estimate of drug-likeness (QED) is 0.186. The second kappa shape index (κ2) is 11.1. The molecule has 0 saturated heterocycles. The minimum Gasteiger partial charge on any atom is -0.456 e. The number of fused-ring (bicyclic) bond motifs is 10. The predicted molar refractivity (Wildman–Crippen MR) is 215 cm³/mol. The Morgan fingerprint density at radius 3 is 1.91 bits per heavy atom. The summed E-state index contributed by atoms with van der Waals surface area (Å²) in [5, 5.41) is 4.54. The molecule has 0 fully saturated rings. The van der Waals surface area contributed by atoms with Crippen LogP contribution in [0.25, 0.3) is 94.7 Å². The molecule has 0 saturated carbocycles. The predicted octanol–water partition coefficient (Wildman–Crippen LogP) is 12.2. The van der Waals surface area contributed by atoms with E-state index < -0.39 is 0 Å². The first kappa shape index (κ1) is 29.8. The van der Waals surface area contributed by atoms with Crippen LogP contribution in [0.4, 0.5) is 0 Å². The van der Waals surface area contributed by atoms with Crippen molar-refractivity contribution in [2.45, 2.75) is 19.3 Å². The summed E-state index contributed by atoms with van der Waals surface area (Å²) in [6.45, 7) is 4.59. The molecule has 250 valence electrons. The van der Waals surface area contributed by atoms with Gasteiger partial charge in [0.25, 0.3) is 0 Å². The lowest BCUT2D eigenvalue weighted by atomic mass is 9.82. The largest absolute Gasteiger partial charge is 0.456 e. The highest BCUT2D eigenvalue weighted by atomic mass is 16.3. The van der Waals surface area contributed by atoms with Crippen LogP contribution in [0, 0.1) is 0 Å². The molecule has 0 atom stereocenters. The van der Waals surface area contributed by atoms with Gasteiger partial charge in [0.2, 0.25) is 0 Å². The topological polar surface area (TPSA) is 56.7 Å². The zero-order valence-electron chi connectivity index (χ0n) is 29.2. The summed E-state index contributed by atoms with van der Waals surface area (Å²) >= 11 is 0. The van der Waals surface area contributed by atoms with Crippen LogP contribution >= 0.6 is 0 Å². The van der Waals surface area contributed by atoms with Gasteiger partial charge in [-0.05, 0) is 70.8 Å². The Hall–Kier alpha value is -6.85. The van der Waals surface area contributed by atoms with Crippen LogP contribution < -0.4 is 0 Å². The van der Waals surface area contributed by atoms with E-state index in [1.807, 2.05) is 30.3 Å². The molecular weight excluding hydrogens is 649 g/mol. The van der Waals surface area contributed by atoms with E-state index in [1.54, 1.807) is 0 Å². The van der Waals surface area contributed by atoms with Crippen molar-refractivity contribution < 1.29 is 4.42 Å². The first-order valence-electron chi connectivity index (χ1n) is 18.0. The average molecular weight is 681 g/mol. The summed E-state index contributed by atoms with van der Waals surface area (Å²) in [5.74, 6) is 1.87. The van der Waals surface area contributed by atoms with Gasteiger partial charge in [-0.15, -0.1) is 0 Å². The first-order valence-corrected chi connectivity index (χ1v) is 18.0. The lowest BCUT2D eigenvalue weighted by Crippen LogP contribution is -2.15. The number of hydrogen-bond acceptors (Lipinski definition) is 4. The number of rotatable bonds is 4. The van der Waals surface area contributed by atoms with Gasteiger partial charge in [0.1, 0.15) is 11.2 Å². The van der Waals surface area contributed by atoms with Crippen molar-refractivity contribution in [2.24, 2.45) is 0 Å². The van der Waals surface area contributed by atoms with Gasteiger partial charge < -0.3 is 8.98 Å². The first-order chi connectivity index (χ1) is 26.0. The summed E-state index contributed by atoms with van der Waals surface area (Å²) in [4.78, 5) is 15.3. The second-order valence-corrected chi connectivity index (χ2v) is 14.4. The maximum Gasteiger partial charge on any atom is 0.164 e. The number of benzene rings is 7. The Morgan fingerprint density at radius 2 is 1.09 bits per heavy atom. The van der Waals surface area contributed by atoms with Gasteiger partial charge in [0, 0.05) is 44.0 Å². The molecule has 3 heterocycles. The average Bonchev–Trinajstić information content (AvgIpc) is 3.83. The smallest absolute Gasteiger partial charge is 0.164 e. The van der Waals surface area contributed by atoms with Crippen molar-refractivity contribution in [3.8, 4) is 51.0 Å². The molecule has 0 spiro atoms. The Balaban J connectivity index is 1.11. The van der Waals surface area contributed by atoms with Gasteiger partial charge in [-0.25, -0.2) is 15.0 Å². The van der Waals surface area contributed by atoms with Crippen molar-refractivity contribution >= 4 is 43.7 Å². The van der Waals surface area contributed by atoms with Crippen LogP contribution in [0.5, 0.6) is 0 Å². The Kier molecular flexibility index (Phi) is 6.23. The molecule has 1 aliphatic carbocycles. The van der Waals surface area contributed by atoms with E-state index in [2.05, 4.69) is 146 Å². The monoisotopic (exact) mass is 680 g/mol. The lowest BCUT2D eigenvalue weighted by Gasteiger charge is -2.21. The van der Waals surface area contributed by atoms with Crippen molar-refractivity contribution in [3.63, 3.8) is 0 Å². The van der Waals surface area contributed by atoms with E-state index in [1.165, 1.54) is 33.0 Å². The molecule has 0 aliphatic heterocycles. The molecule has 0 N–H and O–H groups in total. The van der Waals surface area contributed by atoms with E-state index in [0.29, 0.717) is 17.5 Å². The van der Waals surface area contributed by atoms with Crippen LogP contribution in [0.1, 0.15) is 25.0 Å². The van der Waals surface area contributed by atoms with Crippen molar-refractivity contribution in [3.05, 3.63) is 169 Å². The zero-order valence-corrected chi connectivity index (χ0v) is 29.2.